The Balaban J connectivity index is 1.72. The van der Waals surface area contributed by atoms with Crippen molar-refractivity contribution in [1.82, 2.24) is 0 Å². The van der Waals surface area contributed by atoms with Crippen molar-refractivity contribution in [2.24, 2.45) is 11.7 Å². The van der Waals surface area contributed by atoms with E-state index in [1.165, 1.54) is 17.5 Å². The zero-order valence-corrected chi connectivity index (χ0v) is 13.7. The Morgan fingerprint density at radius 1 is 1.24 bits per heavy atom. The van der Waals surface area contributed by atoms with Gasteiger partial charge in [0.2, 0.25) is 0 Å². The van der Waals surface area contributed by atoms with Gasteiger partial charge in [-0.25, -0.2) is 0 Å². The average Bonchev–Trinajstić information content (AvgIpc) is 3.30. The second-order valence-electron chi connectivity index (χ2n) is 5.57. The summed E-state index contributed by atoms with van der Waals surface area (Å²) in [5.74, 6) is 2.02. The molecule has 0 radical (unpaired) electrons. The molecule has 2 nitrogen and oxygen atoms in total. The molecule has 2 aromatic rings. The summed E-state index contributed by atoms with van der Waals surface area (Å²) in [6, 6.07) is 16.9. The fourth-order valence-electron chi connectivity index (χ4n) is 2.94. The summed E-state index contributed by atoms with van der Waals surface area (Å²) in [5.41, 5.74) is 9.04. The molecule has 110 valence electrons. The molecule has 0 heterocycles. The largest absolute Gasteiger partial charge is 0.493 e. The maximum Gasteiger partial charge on any atom is 0.133 e. The van der Waals surface area contributed by atoms with Crippen LogP contribution in [0.4, 0.5) is 0 Å². The molecule has 2 aromatic carbocycles. The van der Waals surface area contributed by atoms with Crippen LogP contribution in [0.2, 0.25) is 0 Å². The van der Waals surface area contributed by atoms with Gasteiger partial charge in [0.15, 0.2) is 0 Å². The van der Waals surface area contributed by atoms with Crippen LogP contribution in [0.25, 0.3) is 0 Å². The number of benzene rings is 2. The summed E-state index contributed by atoms with van der Waals surface area (Å²) in [7, 11) is 0. The minimum Gasteiger partial charge on any atom is -0.493 e. The number of nitrogens with two attached hydrogens (primary N) is 1. The molecule has 0 spiro atoms. The quantitative estimate of drug-likeness (QED) is 0.855. The van der Waals surface area contributed by atoms with E-state index in [9.17, 15) is 0 Å². The average molecular weight is 346 g/mol. The lowest BCUT2D eigenvalue weighted by atomic mass is 9.99. The highest BCUT2D eigenvalue weighted by Crippen LogP contribution is 2.53. The normalized spacial score (nSPS) is 21.9. The van der Waals surface area contributed by atoms with Crippen molar-refractivity contribution in [3.8, 4) is 5.75 Å². The van der Waals surface area contributed by atoms with Crippen LogP contribution in [0.15, 0.2) is 53.0 Å². The van der Waals surface area contributed by atoms with E-state index < -0.39 is 0 Å². The number of halogens is 1. The lowest BCUT2D eigenvalue weighted by Gasteiger charge is -2.14. The summed E-state index contributed by atoms with van der Waals surface area (Å²) >= 11 is 3.57. The van der Waals surface area contributed by atoms with Crippen molar-refractivity contribution in [2.45, 2.75) is 25.3 Å². The summed E-state index contributed by atoms with van der Waals surface area (Å²) in [5, 5.41) is 0. The summed E-state index contributed by atoms with van der Waals surface area (Å²) < 4.78 is 6.53. The molecule has 1 aliphatic carbocycles. The molecule has 0 bridgehead atoms. The Morgan fingerprint density at radius 3 is 2.67 bits per heavy atom. The lowest BCUT2D eigenvalue weighted by molar-refractivity contribution is 0.338. The molecule has 21 heavy (non-hydrogen) atoms. The monoisotopic (exact) mass is 345 g/mol. The van der Waals surface area contributed by atoms with E-state index >= 15 is 0 Å². The second-order valence-corrected chi connectivity index (χ2v) is 6.42. The third-order valence-corrected chi connectivity index (χ3v) is 4.79. The van der Waals surface area contributed by atoms with Gasteiger partial charge in [-0.15, -0.1) is 0 Å². The van der Waals surface area contributed by atoms with Crippen molar-refractivity contribution in [1.29, 1.82) is 0 Å². The van der Waals surface area contributed by atoms with E-state index in [1.54, 1.807) is 0 Å². The SMILES string of the molecule is CCOc1ccc(C(N)C2CC2c2ccccc2)cc1Br. The molecule has 3 unspecified atom stereocenters. The van der Waals surface area contributed by atoms with Crippen molar-refractivity contribution < 1.29 is 4.74 Å². The van der Waals surface area contributed by atoms with Crippen LogP contribution in [0.3, 0.4) is 0 Å². The highest BCUT2D eigenvalue weighted by molar-refractivity contribution is 9.10. The van der Waals surface area contributed by atoms with Crippen molar-refractivity contribution >= 4 is 15.9 Å². The minimum atomic E-state index is 0.0854. The van der Waals surface area contributed by atoms with E-state index in [0.717, 1.165) is 10.2 Å². The zero-order valence-electron chi connectivity index (χ0n) is 12.1. The molecule has 3 atom stereocenters. The maximum atomic E-state index is 6.46. The molecule has 0 aromatic heterocycles. The van der Waals surface area contributed by atoms with E-state index in [4.69, 9.17) is 10.5 Å². The van der Waals surface area contributed by atoms with Gasteiger partial charge in [-0.3, -0.25) is 0 Å². The number of ether oxygens (including phenoxy) is 1. The first kappa shape index (κ1) is 14.6. The number of hydrogen-bond donors (Lipinski definition) is 1. The minimum absolute atomic E-state index is 0.0854. The topological polar surface area (TPSA) is 35.2 Å². The van der Waals surface area contributed by atoms with E-state index in [-0.39, 0.29) is 6.04 Å². The molecule has 0 aliphatic heterocycles. The zero-order chi connectivity index (χ0) is 14.8. The Bertz CT molecular complexity index is 614. The second kappa shape index (κ2) is 6.20. The van der Waals surface area contributed by atoms with Crippen LogP contribution in [0.5, 0.6) is 5.75 Å². The van der Waals surface area contributed by atoms with Crippen LogP contribution in [-0.4, -0.2) is 6.61 Å². The van der Waals surface area contributed by atoms with Gasteiger partial charge in [0.25, 0.3) is 0 Å². The Morgan fingerprint density at radius 2 is 2.00 bits per heavy atom. The van der Waals surface area contributed by atoms with Crippen molar-refractivity contribution in [2.75, 3.05) is 6.61 Å². The molecular formula is C18H20BrNO. The van der Waals surface area contributed by atoms with Crippen molar-refractivity contribution in [3.05, 3.63) is 64.1 Å². The highest BCUT2D eigenvalue weighted by Gasteiger charge is 2.42. The molecule has 3 rings (SSSR count). The number of hydrogen-bond acceptors (Lipinski definition) is 2. The molecule has 3 heteroatoms. The van der Waals surface area contributed by atoms with Gasteiger partial charge in [-0.05, 0) is 64.4 Å². The molecular weight excluding hydrogens is 326 g/mol. The maximum absolute atomic E-state index is 6.46. The Labute approximate surface area is 134 Å². The van der Waals surface area contributed by atoms with Gasteiger partial charge in [0.05, 0.1) is 11.1 Å². The molecule has 1 saturated carbocycles. The van der Waals surface area contributed by atoms with E-state index in [2.05, 4.69) is 58.4 Å². The van der Waals surface area contributed by atoms with E-state index in [1.807, 2.05) is 13.0 Å². The lowest BCUT2D eigenvalue weighted by Crippen LogP contribution is -2.13. The van der Waals surface area contributed by atoms with Crippen LogP contribution < -0.4 is 10.5 Å². The molecule has 1 fully saturated rings. The first-order valence-corrected chi connectivity index (χ1v) is 8.22. The van der Waals surface area contributed by atoms with Crippen LogP contribution in [-0.2, 0) is 0 Å². The third kappa shape index (κ3) is 3.14. The first-order chi connectivity index (χ1) is 10.2. The summed E-state index contributed by atoms with van der Waals surface area (Å²) in [4.78, 5) is 0. The molecule has 1 aliphatic rings. The predicted molar refractivity (Wildman–Crippen MR) is 89.5 cm³/mol. The van der Waals surface area contributed by atoms with Crippen LogP contribution in [0.1, 0.15) is 36.4 Å². The first-order valence-electron chi connectivity index (χ1n) is 7.43. The highest BCUT2D eigenvalue weighted by atomic mass is 79.9. The van der Waals surface area contributed by atoms with Gasteiger partial charge in [0, 0.05) is 6.04 Å². The summed E-state index contributed by atoms with van der Waals surface area (Å²) in [6.45, 7) is 2.66. The molecule has 0 saturated heterocycles. The van der Waals surface area contributed by atoms with E-state index in [0.29, 0.717) is 18.4 Å². The Kier molecular flexibility index (Phi) is 4.32. The van der Waals surface area contributed by atoms with Crippen LogP contribution in [0, 0.1) is 5.92 Å². The van der Waals surface area contributed by atoms with Gasteiger partial charge in [-0.2, -0.15) is 0 Å². The molecule has 2 N–H and O–H groups in total. The van der Waals surface area contributed by atoms with Crippen LogP contribution >= 0.6 is 15.9 Å². The fourth-order valence-corrected chi connectivity index (χ4v) is 3.45. The van der Waals surface area contributed by atoms with Gasteiger partial charge in [-0.1, -0.05) is 36.4 Å². The Hall–Kier alpha value is -1.32. The van der Waals surface area contributed by atoms with Gasteiger partial charge < -0.3 is 10.5 Å². The standard InChI is InChI=1S/C18H20BrNO/c1-2-21-17-9-8-13(10-16(17)19)18(20)15-11-14(15)12-6-4-3-5-7-12/h3-10,14-15,18H,2,11,20H2,1H3. The van der Waals surface area contributed by atoms with Crippen molar-refractivity contribution in [3.63, 3.8) is 0 Å². The van der Waals surface area contributed by atoms with Gasteiger partial charge in [0.1, 0.15) is 5.75 Å². The number of rotatable bonds is 5. The predicted octanol–water partition coefficient (Wildman–Crippen LogP) is 4.65. The third-order valence-electron chi connectivity index (χ3n) is 4.17. The summed E-state index contributed by atoms with van der Waals surface area (Å²) in [6.07, 6.45) is 1.18. The fraction of sp³-hybridized carbons (Fsp3) is 0.333. The van der Waals surface area contributed by atoms with Gasteiger partial charge >= 0.3 is 0 Å². The molecule has 0 amide bonds. The smallest absolute Gasteiger partial charge is 0.133 e.